The molecule has 0 heteroatoms. The molecule has 0 unspecified atom stereocenters. The van der Waals surface area contributed by atoms with E-state index in [-0.39, 0.29) is 0 Å². The van der Waals surface area contributed by atoms with Crippen molar-refractivity contribution in [1.82, 2.24) is 0 Å². The molecule has 0 aromatic rings. The number of rotatable bonds is 0. The van der Waals surface area contributed by atoms with Crippen LogP contribution in [0.5, 0.6) is 0 Å². The zero-order valence-electron chi connectivity index (χ0n) is 6.83. The Hall–Kier alpha value is -1.76. The SMILES string of the molecule is C1#CCC#CCC#CCC#CC1. The normalized spacial score (nSPS) is 13.3. The fraction of sp³-hybridized carbons (Fsp3) is 0.333. The molecule has 1 rings (SSSR count). The summed E-state index contributed by atoms with van der Waals surface area (Å²) in [5.74, 6) is 23.4. The van der Waals surface area contributed by atoms with Crippen LogP contribution in [0.3, 0.4) is 0 Å². The van der Waals surface area contributed by atoms with Crippen molar-refractivity contribution in [2.75, 3.05) is 0 Å². The quantitative estimate of drug-likeness (QED) is 0.462. The van der Waals surface area contributed by atoms with Gasteiger partial charge in [0.25, 0.3) is 0 Å². The highest BCUT2D eigenvalue weighted by atomic mass is 13.8. The van der Waals surface area contributed by atoms with Crippen LogP contribution in [0.4, 0.5) is 0 Å². The van der Waals surface area contributed by atoms with E-state index in [1.165, 1.54) is 0 Å². The van der Waals surface area contributed by atoms with E-state index < -0.39 is 0 Å². The predicted molar refractivity (Wildman–Crippen MR) is 49.6 cm³/mol. The molecule has 0 aromatic carbocycles. The van der Waals surface area contributed by atoms with Gasteiger partial charge in [0.15, 0.2) is 0 Å². The molecule has 0 atom stereocenters. The Balaban J connectivity index is 2.57. The lowest BCUT2D eigenvalue weighted by molar-refractivity contribution is 1.44. The van der Waals surface area contributed by atoms with Gasteiger partial charge in [0, 0.05) is 0 Å². The third-order valence-electron chi connectivity index (χ3n) is 1.21. The highest BCUT2D eigenvalue weighted by Gasteiger charge is 1.72. The van der Waals surface area contributed by atoms with Gasteiger partial charge in [0.2, 0.25) is 0 Å². The van der Waals surface area contributed by atoms with Gasteiger partial charge in [-0.05, 0) is 0 Å². The van der Waals surface area contributed by atoms with Crippen molar-refractivity contribution < 1.29 is 0 Å². The average molecular weight is 152 g/mol. The molecule has 56 valence electrons. The second-order valence-electron chi connectivity index (χ2n) is 2.12. The molecule has 0 aromatic heterocycles. The van der Waals surface area contributed by atoms with Crippen LogP contribution >= 0.6 is 0 Å². The van der Waals surface area contributed by atoms with E-state index in [1.807, 2.05) is 0 Å². The second kappa shape index (κ2) is 5.98. The van der Waals surface area contributed by atoms with Crippen molar-refractivity contribution in [2.24, 2.45) is 0 Å². The van der Waals surface area contributed by atoms with Gasteiger partial charge < -0.3 is 0 Å². The number of hydrogen-bond acceptors (Lipinski definition) is 0. The minimum Gasteiger partial charge on any atom is -0.0892 e. The minimum atomic E-state index is 0.642. The summed E-state index contributed by atoms with van der Waals surface area (Å²) in [6.45, 7) is 0. The molecule has 0 nitrogen and oxygen atoms in total. The molecule has 12 heavy (non-hydrogen) atoms. The maximum atomic E-state index is 2.93. The summed E-state index contributed by atoms with van der Waals surface area (Å²) in [4.78, 5) is 0. The van der Waals surface area contributed by atoms with E-state index in [0.717, 1.165) is 0 Å². The van der Waals surface area contributed by atoms with E-state index in [2.05, 4.69) is 47.4 Å². The van der Waals surface area contributed by atoms with Crippen LogP contribution in [-0.2, 0) is 0 Å². The first-order valence-corrected chi connectivity index (χ1v) is 3.83. The minimum absolute atomic E-state index is 0.642. The summed E-state index contributed by atoms with van der Waals surface area (Å²) >= 11 is 0. The van der Waals surface area contributed by atoms with Crippen molar-refractivity contribution in [2.45, 2.75) is 25.7 Å². The smallest absolute Gasteiger partial charge is 0.0703 e. The first-order chi connectivity index (χ1) is 6.00. The fourth-order valence-corrected chi connectivity index (χ4v) is 0.677. The summed E-state index contributed by atoms with van der Waals surface area (Å²) in [5.41, 5.74) is 0. The van der Waals surface area contributed by atoms with Gasteiger partial charge in [0.05, 0.1) is 25.7 Å². The summed E-state index contributed by atoms with van der Waals surface area (Å²) in [5, 5.41) is 0. The van der Waals surface area contributed by atoms with E-state index in [0.29, 0.717) is 25.7 Å². The van der Waals surface area contributed by atoms with Crippen LogP contribution in [0.15, 0.2) is 0 Å². The van der Waals surface area contributed by atoms with Crippen LogP contribution in [0.25, 0.3) is 0 Å². The lowest BCUT2D eigenvalue weighted by Gasteiger charge is -1.76. The maximum Gasteiger partial charge on any atom is 0.0703 e. The van der Waals surface area contributed by atoms with Crippen molar-refractivity contribution in [3.63, 3.8) is 0 Å². The monoisotopic (exact) mass is 152 g/mol. The van der Waals surface area contributed by atoms with Crippen molar-refractivity contribution >= 4 is 0 Å². The fourth-order valence-electron chi connectivity index (χ4n) is 0.677. The molecule has 0 heterocycles. The van der Waals surface area contributed by atoms with Gasteiger partial charge in [-0.15, -0.1) is 0 Å². The zero-order chi connectivity index (χ0) is 8.49. The molecule has 0 fully saturated rings. The molecular formula is C12H8. The molecule has 0 saturated carbocycles. The summed E-state index contributed by atoms with van der Waals surface area (Å²) < 4.78 is 0. The summed E-state index contributed by atoms with van der Waals surface area (Å²) in [7, 11) is 0. The zero-order valence-corrected chi connectivity index (χ0v) is 6.83. The lowest BCUT2D eigenvalue weighted by Crippen LogP contribution is -1.67. The Kier molecular flexibility index (Phi) is 4.16. The second-order valence-corrected chi connectivity index (χ2v) is 2.12. The first-order valence-electron chi connectivity index (χ1n) is 3.83. The molecule has 0 radical (unpaired) electrons. The van der Waals surface area contributed by atoms with Gasteiger partial charge in [-0.1, -0.05) is 47.4 Å². The van der Waals surface area contributed by atoms with Crippen LogP contribution < -0.4 is 0 Å². The van der Waals surface area contributed by atoms with Crippen molar-refractivity contribution in [3.8, 4) is 47.4 Å². The van der Waals surface area contributed by atoms with Gasteiger partial charge in [-0.3, -0.25) is 0 Å². The molecule has 0 N–H and O–H groups in total. The van der Waals surface area contributed by atoms with Crippen LogP contribution in [0.1, 0.15) is 25.7 Å². The molecule has 1 aliphatic carbocycles. The number of hydrogen-bond donors (Lipinski definition) is 0. The Morgan fingerprint density at radius 3 is 0.667 bits per heavy atom. The molecule has 0 aliphatic heterocycles. The van der Waals surface area contributed by atoms with Crippen LogP contribution in [-0.4, -0.2) is 0 Å². The molecule has 0 saturated heterocycles. The molecule has 1 aliphatic rings. The molecule has 0 amide bonds. The van der Waals surface area contributed by atoms with E-state index in [1.54, 1.807) is 0 Å². The van der Waals surface area contributed by atoms with Gasteiger partial charge in [0.1, 0.15) is 0 Å². The Morgan fingerprint density at radius 1 is 0.333 bits per heavy atom. The Morgan fingerprint density at radius 2 is 0.500 bits per heavy atom. The predicted octanol–water partition coefficient (Wildman–Crippen LogP) is 1.57. The van der Waals surface area contributed by atoms with E-state index in [4.69, 9.17) is 0 Å². The highest BCUT2D eigenvalue weighted by molar-refractivity contribution is 5.21. The third-order valence-corrected chi connectivity index (χ3v) is 1.21. The summed E-state index contributed by atoms with van der Waals surface area (Å²) in [6.07, 6.45) is 2.57. The van der Waals surface area contributed by atoms with Gasteiger partial charge in [-0.25, -0.2) is 0 Å². The Labute approximate surface area is 73.7 Å². The molecular weight excluding hydrogens is 144 g/mol. The maximum absolute atomic E-state index is 2.93. The largest absolute Gasteiger partial charge is 0.0892 e. The lowest BCUT2D eigenvalue weighted by atomic mass is 10.3. The van der Waals surface area contributed by atoms with Crippen molar-refractivity contribution in [3.05, 3.63) is 0 Å². The van der Waals surface area contributed by atoms with Gasteiger partial charge in [-0.2, -0.15) is 0 Å². The van der Waals surface area contributed by atoms with Gasteiger partial charge >= 0.3 is 0 Å². The van der Waals surface area contributed by atoms with E-state index >= 15 is 0 Å². The van der Waals surface area contributed by atoms with Crippen molar-refractivity contribution in [1.29, 1.82) is 0 Å². The standard InChI is InChI=1S/C12H8/c1-2-4-6-8-10-12-11-9-7-5-3-1/h1,6-7,12H2. The average Bonchev–Trinajstić information content (AvgIpc) is 2.05. The highest BCUT2D eigenvalue weighted by Crippen LogP contribution is 1.80. The molecule has 0 bridgehead atoms. The third kappa shape index (κ3) is 4.12. The Bertz CT molecular complexity index is 265. The summed E-state index contributed by atoms with van der Waals surface area (Å²) in [6, 6.07) is 0. The van der Waals surface area contributed by atoms with E-state index in [9.17, 15) is 0 Å². The topological polar surface area (TPSA) is 0 Å². The van der Waals surface area contributed by atoms with Crippen LogP contribution in [0.2, 0.25) is 0 Å². The molecule has 0 spiro atoms. The van der Waals surface area contributed by atoms with Crippen LogP contribution in [0, 0.1) is 47.4 Å². The first kappa shape index (κ1) is 8.34.